The zero-order chi connectivity index (χ0) is 16.2. The standard InChI is InChI=1S/C16H16N4O2S/c1-11-7-15(20(2)19-11)18-16(21)13-5-3-4-6-14(13)22-8-12-9-23-10-17-12/h3-7,9-10H,8H2,1-2H3,(H,18,21). The molecule has 0 bridgehead atoms. The van der Waals surface area contributed by atoms with Crippen LogP contribution in [0.25, 0.3) is 0 Å². The number of carbonyl (C=O) groups is 1. The number of benzene rings is 1. The summed E-state index contributed by atoms with van der Waals surface area (Å²) < 4.78 is 7.37. The van der Waals surface area contributed by atoms with E-state index in [0.29, 0.717) is 23.7 Å². The number of thiazole rings is 1. The van der Waals surface area contributed by atoms with Gasteiger partial charge >= 0.3 is 0 Å². The molecule has 0 aliphatic carbocycles. The van der Waals surface area contributed by atoms with Gasteiger partial charge < -0.3 is 10.1 Å². The second-order valence-corrected chi connectivity index (χ2v) is 5.73. The molecular weight excluding hydrogens is 312 g/mol. The second-order valence-electron chi connectivity index (χ2n) is 5.01. The number of nitrogens with one attached hydrogen (secondary N) is 1. The van der Waals surface area contributed by atoms with Crippen LogP contribution in [0.15, 0.2) is 41.2 Å². The number of anilines is 1. The van der Waals surface area contributed by atoms with Gasteiger partial charge in [-0.2, -0.15) is 5.10 Å². The number of hydrogen-bond donors (Lipinski definition) is 1. The van der Waals surface area contributed by atoms with Gasteiger partial charge in [0.1, 0.15) is 18.2 Å². The van der Waals surface area contributed by atoms with Crippen LogP contribution in [0.1, 0.15) is 21.7 Å². The Bertz CT molecular complexity index is 811. The molecule has 3 rings (SSSR count). The molecule has 0 saturated heterocycles. The van der Waals surface area contributed by atoms with Gasteiger partial charge in [-0.05, 0) is 19.1 Å². The summed E-state index contributed by atoms with van der Waals surface area (Å²) in [6.07, 6.45) is 0. The summed E-state index contributed by atoms with van der Waals surface area (Å²) in [6, 6.07) is 8.96. The molecule has 0 aliphatic heterocycles. The van der Waals surface area contributed by atoms with Gasteiger partial charge in [0, 0.05) is 18.5 Å². The molecule has 23 heavy (non-hydrogen) atoms. The molecule has 0 aliphatic rings. The van der Waals surface area contributed by atoms with Crippen molar-refractivity contribution >= 4 is 23.1 Å². The maximum atomic E-state index is 12.5. The van der Waals surface area contributed by atoms with Crippen LogP contribution in [0.3, 0.4) is 0 Å². The summed E-state index contributed by atoms with van der Waals surface area (Å²) in [5.74, 6) is 0.931. The first-order chi connectivity index (χ1) is 11.1. The smallest absolute Gasteiger partial charge is 0.260 e. The molecule has 0 saturated carbocycles. The molecule has 1 amide bonds. The highest BCUT2D eigenvalue weighted by Gasteiger charge is 2.14. The van der Waals surface area contributed by atoms with Crippen molar-refractivity contribution in [2.24, 2.45) is 7.05 Å². The van der Waals surface area contributed by atoms with Crippen LogP contribution in [0, 0.1) is 6.92 Å². The van der Waals surface area contributed by atoms with Gasteiger partial charge in [0.15, 0.2) is 0 Å². The Labute approximate surface area is 137 Å². The van der Waals surface area contributed by atoms with Crippen LogP contribution in [-0.2, 0) is 13.7 Å². The Morgan fingerprint density at radius 1 is 1.39 bits per heavy atom. The van der Waals surface area contributed by atoms with Gasteiger partial charge in [-0.3, -0.25) is 9.48 Å². The molecule has 2 aromatic heterocycles. The molecule has 7 heteroatoms. The van der Waals surface area contributed by atoms with Crippen molar-refractivity contribution in [3.8, 4) is 5.75 Å². The van der Waals surface area contributed by atoms with Gasteiger partial charge in [-0.25, -0.2) is 4.98 Å². The fourth-order valence-corrected chi connectivity index (χ4v) is 2.69. The van der Waals surface area contributed by atoms with Gasteiger partial charge in [0.05, 0.1) is 22.5 Å². The Morgan fingerprint density at radius 2 is 2.22 bits per heavy atom. The van der Waals surface area contributed by atoms with E-state index in [1.165, 1.54) is 11.3 Å². The van der Waals surface area contributed by atoms with Crippen LogP contribution in [0.4, 0.5) is 5.82 Å². The van der Waals surface area contributed by atoms with Gasteiger partial charge in [-0.1, -0.05) is 12.1 Å². The zero-order valence-electron chi connectivity index (χ0n) is 12.8. The molecule has 0 unspecified atom stereocenters. The largest absolute Gasteiger partial charge is 0.486 e. The predicted molar refractivity (Wildman–Crippen MR) is 88.8 cm³/mol. The first-order valence-electron chi connectivity index (χ1n) is 7.04. The third kappa shape index (κ3) is 3.57. The van der Waals surface area contributed by atoms with Crippen LogP contribution in [-0.4, -0.2) is 20.7 Å². The number of hydrogen-bond acceptors (Lipinski definition) is 5. The van der Waals surface area contributed by atoms with E-state index in [1.54, 1.807) is 35.4 Å². The number of ether oxygens (including phenoxy) is 1. The van der Waals surface area contributed by atoms with Crippen LogP contribution in [0.5, 0.6) is 5.75 Å². The van der Waals surface area contributed by atoms with E-state index in [9.17, 15) is 4.79 Å². The van der Waals surface area contributed by atoms with E-state index in [1.807, 2.05) is 24.4 Å². The Kier molecular flexibility index (Phi) is 4.38. The lowest BCUT2D eigenvalue weighted by Gasteiger charge is -2.11. The number of para-hydroxylation sites is 1. The lowest BCUT2D eigenvalue weighted by molar-refractivity contribution is 0.102. The highest BCUT2D eigenvalue weighted by atomic mass is 32.1. The average molecular weight is 328 g/mol. The maximum Gasteiger partial charge on any atom is 0.260 e. The van der Waals surface area contributed by atoms with E-state index >= 15 is 0 Å². The van der Waals surface area contributed by atoms with Crippen molar-refractivity contribution in [3.63, 3.8) is 0 Å². The highest BCUT2D eigenvalue weighted by Crippen LogP contribution is 2.21. The van der Waals surface area contributed by atoms with Crippen LogP contribution >= 0.6 is 11.3 Å². The van der Waals surface area contributed by atoms with Crippen molar-refractivity contribution in [2.75, 3.05) is 5.32 Å². The van der Waals surface area contributed by atoms with E-state index in [2.05, 4.69) is 15.4 Å². The quantitative estimate of drug-likeness (QED) is 0.781. The number of nitrogens with zero attached hydrogens (tertiary/aromatic N) is 3. The number of aromatic nitrogens is 3. The van der Waals surface area contributed by atoms with E-state index in [0.717, 1.165) is 11.4 Å². The zero-order valence-corrected chi connectivity index (χ0v) is 13.6. The monoisotopic (exact) mass is 328 g/mol. The first-order valence-corrected chi connectivity index (χ1v) is 7.98. The average Bonchev–Trinajstić information content (AvgIpc) is 3.15. The summed E-state index contributed by atoms with van der Waals surface area (Å²) in [6.45, 7) is 2.21. The first kappa shape index (κ1) is 15.2. The summed E-state index contributed by atoms with van der Waals surface area (Å²) in [5, 5.41) is 8.98. The Morgan fingerprint density at radius 3 is 2.91 bits per heavy atom. The van der Waals surface area contributed by atoms with E-state index in [4.69, 9.17) is 4.74 Å². The Hall–Kier alpha value is -2.67. The van der Waals surface area contributed by atoms with E-state index in [-0.39, 0.29) is 5.91 Å². The molecule has 118 valence electrons. The minimum Gasteiger partial charge on any atom is -0.486 e. The van der Waals surface area contributed by atoms with Crippen LogP contribution in [0.2, 0.25) is 0 Å². The summed E-state index contributed by atoms with van der Waals surface area (Å²) in [4.78, 5) is 16.7. The molecule has 6 nitrogen and oxygen atoms in total. The maximum absolute atomic E-state index is 12.5. The molecule has 1 N–H and O–H groups in total. The van der Waals surface area contributed by atoms with Crippen molar-refractivity contribution in [1.82, 2.24) is 14.8 Å². The molecule has 0 spiro atoms. The van der Waals surface area contributed by atoms with Crippen molar-refractivity contribution in [1.29, 1.82) is 0 Å². The molecule has 0 atom stereocenters. The summed E-state index contributed by atoms with van der Waals surface area (Å²) >= 11 is 1.51. The molecule has 2 heterocycles. The van der Waals surface area contributed by atoms with Gasteiger partial charge in [0.25, 0.3) is 5.91 Å². The summed E-state index contributed by atoms with van der Waals surface area (Å²) in [5.41, 5.74) is 3.91. The normalized spacial score (nSPS) is 10.5. The topological polar surface area (TPSA) is 69.0 Å². The third-order valence-corrected chi connectivity index (χ3v) is 3.87. The molecule has 0 fully saturated rings. The minimum atomic E-state index is -0.234. The molecule has 1 aromatic carbocycles. The lowest BCUT2D eigenvalue weighted by Crippen LogP contribution is -2.15. The Balaban J connectivity index is 1.76. The summed E-state index contributed by atoms with van der Waals surface area (Å²) in [7, 11) is 1.78. The fraction of sp³-hybridized carbons (Fsp3) is 0.188. The predicted octanol–water partition coefficient (Wildman–Crippen LogP) is 3.02. The molecule has 3 aromatic rings. The second kappa shape index (κ2) is 6.62. The number of aryl methyl sites for hydroxylation is 2. The SMILES string of the molecule is Cc1cc(NC(=O)c2ccccc2OCc2cscn2)n(C)n1. The van der Waals surface area contributed by atoms with Crippen LogP contribution < -0.4 is 10.1 Å². The fourth-order valence-electron chi connectivity index (χ4n) is 2.15. The highest BCUT2D eigenvalue weighted by molar-refractivity contribution is 7.07. The minimum absolute atomic E-state index is 0.234. The van der Waals surface area contributed by atoms with Crippen molar-refractivity contribution in [2.45, 2.75) is 13.5 Å². The van der Waals surface area contributed by atoms with E-state index < -0.39 is 0 Å². The number of carbonyl (C=O) groups excluding carboxylic acids is 1. The van der Waals surface area contributed by atoms with Crippen molar-refractivity contribution in [3.05, 3.63) is 58.2 Å². The third-order valence-electron chi connectivity index (χ3n) is 3.23. The van der Waals surface area contributed by atoms with Gasteiger partial charge in [-0.15, -0.1) is 11.3 Å². The number of amides is 1. The van der Waals surface area contributed by atoms with Crippen molar-refractivity contribution < 1.29 is 9.53 Å². The lowest BCUT2D eigenvalue weighted by atomic mass is 10.2. The molecule has 0 radical (unpaired) electrons. The van der Waals surface area contributed by atoms with Gasteiger partial charge in [0.2, 0.25) is 0 Å². The molecular formula is C16H16N4O2S. The number of rotatable bonds is 5.